The Morgan fingerprint density at radius 2 is 2.14 bits per heavy atom. The Morgan fingerprint density at radius 1 is 1.33 bits per heavy atom. The summed E-state index contributed by atoms with van der Waals surface area (Å²) in [6.07, 6.45) is 2.48. The fourth-order valence-corrected chi connectivity index (χ4v) is 2.92. The number of oxime groups is 1. The number of benzene rings is 1. The van der Waals surface area contributed by atoms with Gasteiger partial charge in [-0.3, -0.25) is 4.79 Å². The van der Waals surface area contributed by atoms with Gasteiger partial charge >= 0.3 is 0 Å². The molecule has 2 N–H and O–H groups in total. The fourth-order valence-electron chi connectivity index (χ4n) is 2.92. The number of hydrogen-bond acceptors (Lipinski definition) is 4. The predicted molar refractivity (Wildman–Crippen MR) is 78.8 cm³/mol. The Bertz CT molecular complexity index is 530. The van der Waals surface area contributed by atoms with E-state index in [9.17, 15) is 9.90 Å². The molecule has 1 aromatic carbocycles. The zero-order valence-corrected chi connectivity index (χ0v) is 11.9. The minimum atomic E-state index is -0.557. The van der Waals surface area contributed by atoms with Gasteiger partial charge in [-0.2, -0.15) is 0 Å². The summed E-state index contributed by atoms with van der Waals surface area (Å²) in [6.45, 7) is 0.514. The van der Waals surface area contributed by atoms with Crippen molar-refractivity contribution >= 4 is 11.6 Å². The van der Waals surface area contributed by atoms with Crippen LogP contribution in [0.4, 0.5) is 0 Å². The average molecular weight is 288 g/mol. The van der Waals surface area contributed by atoms with Gasteiger partial charge in [0.2, 0.25) is 6.10 Å². The summed E-state index contributed by atoms with van der Waals surface area (Å²) in [5.74, 6) is 0.0219. The third-order valence-corrected chi connectivity index (χ3v) is 4.23. The van der Waals surface area contributed by atoms with Crippen LogP contribution in [0.3, 0.4) is 0 Å². The van der Waals surface area contributed by atoms with Crippen LogP contribution in [-0.2, 0) is 9.63 Å². The van der Waals surface area contributed by atoms with Crippen LogP contribution in [0.15, 0.2) is 35.5 Å². The monoisotopic (exact) mass is 288 g/mol. The molecule has 0 spiro atoms. The van der Waals surface area contributed by atoms with E-state index in [2.05, 4.69) is 10.5 Å². The van der Waals surface area contributed by atoms with Crippen molar-refractivity contribution in [2.75, 3.05) is 6.54 Å². The summed E-state index contributed by atoms with van der Waals surface area (Å²) in [4.78, 5) is 17.3. The number of nitrogens with one attached hydrogen (secondary N) is 1. The van der Waals surface area contributed by atoms with Gasteiger partial charge in [0.1, 0.15) is 0 Å². The van der Waals surface area contributed by atoms with Gasteiger partial charge in [0.15, 0.2) is 0 Å². The number of aliphatic hydroxyl groups is 1. The molecular formula is C16H20N2O3. The van der Waals surface area contributed by atoms with Gasteiger partial charge in [-0.15, -0.1) is 0 Å². The lowest BCUT2D eigenvalue weighted by atomic mass is 10.0. The minimum absolute atomic E-state index is 0.149. The maximum Gasteiger partial charge on any atom is 0.264 e. The first-order chi connectivity index (χ1) is 10.2. The minimum Gasteiger partial charge on any atom is -0.393 e. The number of amides is 1. The van der Waals surface area contributed by atoms with Gasteiger partial charge in [-0.05, 0) is 18.4 Å². The summed E-state index contributed by atoms with van der Waals surface area (Å²) in [6, 6.07) is 9.73. The van der Waals surface area contributed by atoms with E-state index >= 15 is 0 Å². The maximum absolute atomic E-state index is 12.1. The summed E-state index contributed by atoms with van der Waals surface area (Å²) >= 11 is 0. The van der Waals surface area contributed by atoms with E-state index < -0.39 is 6.10 Å². The molecule has 0 saturated heterocycles. The van der Waals surface area contributed by atoms with Gasteiger partial charge in [-0.25, -0.2) is 0 Å². The number of hydrogen-bond donors (Lipinski definition) is 2. The molecule has 1 amide bonds. The zero-order chi connectivity index (χ0) is 14.7. The first-order valence-corrected chi connectivity index (χ1v) is 7.48. The molecule has 1 saturated carbocycles. The van der Waals surface area contributed by atoms with Crippen molar-refractivity contribution in [2.45, 2.75) is 37.9 Å². The summed E-state index contributed by atoms with van der Waals surface area (Å²) < 4.78 is 0. The molecule has 0 aromatic heterocycles. The van der Waals surface area contributed by atoms with Gasteiger partial charge in [0, 0.05) is 18.9 Å². The van der Waals surface area contributed by atoms with Gasteiger partial charge in [0.05, 0.1) is 11.8 Å². The fraction of sp³-hybridized carbons (Fsp3) is 0.500. The van der Waals surface area contributed by atoms with Crippen LogP contribution < -0.4 is 5.32 Å². The second-order valence-corrected chi connectivity index (χ2v) is 5.71. The largest absolute Gasteiger partial charge is 0.393 e. The summed E-state index contributed by atoms with van der Waals surface area (Å²) in [5, 5.41) is 16.6. The second-order valence-electron chi connectivity index (χ2n) is 5.71. The Morgan fingerprint density at radius 3 is 2.86 bits per heavy atom. The van der Waals surface area contributed by atoms with Crippen molar-refractivity contribution in [3.05, 3.63) is 35.9 Å². The molecule has 1 aliphatic heterocycles. The molecular weight excluding hydrogens is 268 g/mol. The first-order valence-electron chi connectivity index (χ1n) is 7.48. The lowest BCUT2D eigenvalue weighted by Gasteiger charge is -2.16. The highest BCUT2D eigenvalue weighted by atomic mass is 16.6. The SMILES string of the molecule is O=C(NCC1CCCC1O)C1CC(c2ccccc2)=NO1. The lowest BCUT2D eigenvalue weighted by Crippen LogP contribution is -2.39. The number of aliphatic hydroxyl groups excluding tert-OH is 1. The van der Waals surface area contributed by atoms with Crippen molar-refractivity contribution in [1.29, 1.82) is 0 Å². The third-order valence-electron chi connectivity index (χ3n) is 4.23. The highest BCUT2D eigenvalue weighted by Crippen LogP contribution is 2.25. The topological polar surface area (TPSA) is 70.9 Å². The van der Waals surface area contributed by atoms with Crippen molar-refractivity contribution in [1.82, 2.24) is 5.32 Å². The normalized spacial score (nSPS) is 28.0. The van der Waals surface area contributed by atoms with Crippen molar-refractivity contribution in [3.8, 4) is 0 Å². The van der Waals surface area contributed by atoms with E-state index in [0.29, 0.717) is 13.0 Å². The molecule has 3 atom stereocenters. The van der Waals surface area contributed by atoms with E-state index in [0.717, 1.165) is 30.5 Å². The highest BCUT2D eigenvalue weighted by molar-refractivity contribution is 6.04. The van der Waals surface area contributed by atoms with E-state index in [1.807, 2.05) is 30.3 Å². The molecule has 3 rings (SSSR count). The standard InChI is InChI=1S/C16H20N2O3/c19-14-8-4-7-12(14)10-17-16(20)15-9-13(18-21-15)11-5-2-1-3-6-11/h1-3,5-6,12,14-15,19H,4,7-10H2,(H,17,20). The van der Waals surface area contributed by atoms with Crippen molar-refractivity contribution < 1.29 is 14.7 Å². The van der Waals surface area contributed by atoms with Gasteiger partial charge < -0.3 is 15.3 Å². The Kier molecular flexibility index (Phi) is 4.20. The third kappa shape index (κ3) is 3.24. The molecule has 1 aliphatic carbocycles. The van der Waals surface area contributed by atoms with Crippen LogP contribution in [0.5, 0.6) is 0 Å². The number of carbonyl (C=O) groups is 1. The number of nitrogens with zero attached hydrogens (tertiary/aromatic N) is 1. The molecule has 5 nitrogen and oxygen atoms in total. The molecule has 0 radical (unpaired) electrons. The van der Waals surface area contributed by atoms with Crippen LogP contribution >= 0.6 is 0 Å². The van der Waals surface area contributed by atoms with Crippen LogP contribution in [0.2, 0.25) is 0 Å². The van der Waals surface area contributed by atoms with Gasteiger partial charge in [-0.1, -0.05) is 41.9 Å². The van der Waals surface area contributed by atoms with Crippen molar-refractivity contribution in [2.24, 2.45) is 11.1 Å². The van der Waals surface area contributed by atoms with Crippen LogP contribution in [-0.4, -0.2) is 35.5 Å². The lowest BCUT2D eigenvalue weighted by molar-refractivity contribution is -0.131. The maximum atomic E-state index is 12.1. The van der Waals surface area contributed by atoms with E-state index in [1.54, 1.807) is 0 Å². The van der Waals surface area contributed by atoms with E-state index in [-0.39, 0.29) is 17.9 Å². The van der Waals surface area contributed by atoms with Crippen LogP contribution in [0.1, 0.15) is 31.2 Å². The molecule has 0 bridgehead atoms. The number of rotatable bonds is 4. The molecule has 5 heteroatoms. The first kappa shape index (κ1) is 14.1. The molecule has 112 valence electrons. The van der Waals surface area contributed by atoms with Crippen molar-refractivity contribution in [3.63, 3.8) is 0 Å². The van der Waals surface area contributed by atoms with Crippen LogP contribution in [0, 0.1) is 5.92 Å². The van der Waals surface area contributed by atoms with E-state index in [4.69, 9.17) is 4.84 Å². The molecule has 1 aromatic rings. The number of carbonyl (C=O) groups excluding carboxylic acids is 1. The second kappa shape index (κ2) is 6.26. The smallest absolute Gasteiger partial charge is 0.264 e. The average Bonchev–Trinajstić information content (AvgIpc) is 3.15. The zero-order valence-electron chi connectivity index (χ0n) is 11.9. The van der Waals surface area contributed by atoms with Gasteiger partial charge in [0.25, 0.3) is 5.91 Å². The van der Waals surface area contributed by atoms with Crippen LogP contribution in [0.25, 0.3) is 0 Å². The quantitative estimate of drug-likeness (QED) is 0.881. The summed E-state index contributed by atoms with van der Waals surface area (Å²) in [5.41, 5.74) is 1.79. The molecule has 1 fully saturated rings. The highest BCUT2D eigenvalue weighted by Gasteiger charge is 2.31. The molecule has 1 heterocycles. The Balaban J connectivity index is 1.49. The molecule has 2 aliphatic rings. The Hall–Kier alpha value is -1.88. The Labute approximate surface area is 124 Å². The molecule has 3 unspecified atom stereocenters. The predicted octanol–water partition coefficient (Wildman–Crippen LogP) is 1.46. The summed E-state index contributed by atoms with van der Waals surface area (Å²) in [7, 11) is 0. The molecule has 21 heavy (non-hydrogen) atoms. The van der Waals surface area contributed by atoms with E-state index in [1.165, 1.54) is 0 Å².